The summed E-state index contributed by atoms with van der Waals surface area (Å²) in [6.07, 6.45) is 0. The van der Waals surface area contributed by atoms with Gasteiger partial charge in [0.25, 0.3) is 15.9 Å². The topological polar surface area (TPSA) is 75.3 Å². The number of carbonyl (C=O) groups is 1. The lowest BCUT2D eigenvalue weighted by atomic mass is 10.2. The molecular weight excluding hydrogens is 393 g/mol. The summed E-state index contributed by atoms with van der Waals surface area (Å²) >= 11 is 0. The molecule has 3 aromatic rings. The lowest BCUT2D eigenvalue weighted by Crippen LogP contribution is -2.14. The van der Waals surface area contributed by atoms with Crippen LogP contribution in [0.1, 0.15) is 10.4 Å². The average Bonchev–Trinajstić information content (AvgIpc) is 2.61. The Kier molecular flexibility index (Phi) is 5.36. The zero-order valence-corrected chi connectivity index (χ0v) is 14.9. The third-order valence-electron chi connectivity index (χ3n) is 3.62. The van der Waals surface area contributed by atoms with Crippen molar-refractivity contribution in [1.29, 1.82) is 0 Å². The number of sulfonamides is 1. The summed E-state index contributed by atoms with van der Waals surface area (Å²) in [7, 11) is -3.97. The van der Waals surface area contributed by atoms with Gasteiger partial charge in [-0.2, -0.15) is 0 Å². The minimum atomic E-state index is -3.97. The van der Waals surface area contributed by atoms with Crippen molar-refractivity contribution in [3.63, 3.8) is 0 Å². The highest BCUT2D eigenvalue weighted by Crippen LogP contribution is 2.19. The second kappa shape index (κ2) is 7.73. The first-order chi connectivity index (χ1) is 13.2. The van der Waals surface area contributed by atoms with Gasteiger partial charge < -0.3 is 5.32 Å². The maximum Gasteiger partial charge on any atom is 0.261 e. The van der Waals surface area contributed by atoms with E-state index in [0.717, 1.165) is 18.2 Å². The summed E-state index contributed by atoms with van der Waals surface area (Å²) in [4.78, 5) is 11.9. The van der Waals surface area contributed by atoms with Gasteiger partial charge in [0.15, 0.2) is 0 Å². The fraction of sp³-hybridized carbons (Fsp3) is 0. The van der Waals surface area contributed by atoms with Gasteiger partial charge in [-0.05, 0) is 54.6 Å². The van der Waals surface area contributed by atoms with Gasteiger partial charge in [0.1, 0.15) is 17.5 Å². The fourth-order valence-corrected chi connectivity index (χ4v) is 3.42. The summed E-state index contributed by atoms with van der Waals surface area (Å²) in [6, 6.07) is 12.4. The van der Waals surface area contributed by atoms with Crippen LogP contribution in [0.4, 0.5) is 24.5 Å². The molecule has 2 N–H and O–H groups in total. The third-order valence-corrected chi connectivity index (χ3v) is 5.02. The van der Waals surface area contributed by atoms with Crippen molar-refractivity contribution in [2.75, 3.05) is 10.0 Å². The minimum Gasteiger partial charge on any atom is -0.322 e. The van der Waals surface area contributed by atoms with Crippen LogP contribution in [-0.2, 0) is 10.0 Å². The number of carbonyl (C=O) groups excluding carboxylic acids is 1. The minimum absolute atomic E-state index is 0.0607. The van der Waals surface area contributed by atoms with Crippen LogP contribution in [0.5, 0.6) is 0 Å². The Morgan fingerprint density at radius 3 is 2.00 bits per heavy atom. The molecule has 0 saturated heterocycles. The molecule has 3 rings (SSSR count). The van der Waals surface area contributed by atoms with Crippen LogP contribution in [0, 0.1) is 17.5 Å². The Balaban J connectivity index is 1.74. The Hall–Kier alpha value is -3.33. The first-order valence-electron chi connectivity index (χ1n) is 7.89. The predicted octanol–water partition coefficient (Wildman–Crippen LogP) is 4.16. The lowest BCUT2D eigenvalue weighted by molar-refractivity contribution is 0.102. The van der Waals surface area contributed by atoms with E-state index in [-0.39, 0.29) is 21.8 Å². The van der Waals surface area contributed by atoms with Crippen LogP contribution in [0.15, 0.2) is 71.6 Å². The van der Waals surface area contributed by atoms with Gasteiger partial charge in [-0.25, -0.2) is 21.6 Å². The summed E-state index contributed by atoms with van der Waals surface area (Å²) in [5, 5.41) is 2.41. The molecule has 0 bridgehead atoms. The molecule has 0 atom stereocenters. The van der Waals surface area contributed by atoms with Crippen molar-refractivity contribution < 1.29 is 26.4 Å². The molecule has 1 amide bonds. The highest BCUT2D eigenvalue weighted by molar-refractivity contribution is 7.92. The van der Waals surface area contributed by atoms with Gasteiger partial charge >= 0.3 is 0 Å². The average molecular weight is 406 g/mol. The molecule has 144 valence electrons. The monoisotopic (exact) mass is 406 g/mol. The maximum absolute atomic E-state index is 13.2. The van der Waals surface area contributed by atoms with Gasteiger partial charge in [0.05, 0.1) is 10.6 Å². The molecule has 3 aromatic carbocycles. The van der Waals surface area contributed by atoms with E-state index in [1.807, 2.05) is 0 Å². The number of benzene rings is 3. The molecule has 9 heteroatoms. The molecule has 0 spiro atoms. The quantitative estimate of drug-likeness (QED) is 0.668. The molecule has 0 aromatic heterocycles. The molecule has 0 unspecified atom stereocenters. The summed E-state index contributed by atoms with van der Waals surface area (Å²) in [6.45, 7) is 0. The van der Waals surface area contributed by atoms with E-state index in [2.05, 4.69) is 10.0 Å². The number of anilines is 2. The van der Waals surface area contributed by atoms with Crippen molar-refractivity contribution in [1.82, 2.24) is 0 Å². The van der Waals surface area contributed by atoms with Crippen molar-refractivity contribution in [2.45, 2.75) is 4.90 Å². The number of rotatable bonds is 5. The first-order valence-corrected chi connectivity index (χ1v) is 9.37. The number of hydrogen-bond donors (Lipinski definition) is 2. The summed E-state index contributed by atoms with van der Waals surface area (Å²) in [5.74, 6) is -3.14. The zero-order valence-electron chi connectivity index (χ0n) is 14.1. The van der Waals surface area contributed by atoms with Gasteiger partial charge in [0.2, 0.25) is 0 Å². The van der Waals surface area contributed by atoms with Crippen LogP contribution in [0.3, 0.4) is 0 Å². The summed E-state index contributed by atoms with van der Waals surface area (Å²) < 4.78 is 66.5. The van der Waals surface area contributed by atoms with Crippen molar-refractivity contribution in [3.8, 4) is 0 Å². The third kappa shape index (κ3) is 4.68. The Morgan fingerprint density at radius 2 is 1.39 bits per heavy atom. The highest BCUT2D eigenvalue weighted by Gasteiger charge is 2.15. The van der Waals surface area contributed by atoms with E-state index >= 15 is 0 Å². The molecule has 0 radical (unpaired) electrons. The Morgan fingerprint density at radius 1 is 0.750 bits per heavy atom. The van der Waals surface area contributed by atoms with E-state index in [1.54, 1.807) is 0 Å². The molecule has 0 heterocycles. The fourth-order valence-electron chi connectivity index (χ4n) is 2.37. The van der Waals surface area contributed by atoms with Gasteiger partial charge in [-0.15, -0.1) is 0 Å². The number of nitrogens with one attached hydrogen (secondary N) is 2. The van der Waals surface area contributed by atoms with Crippen LogP contribution >= 0.6 is 0 Å². The number of hydrogen-bond acceptors (Lipinski definition) is 3. The van der Waals surface area contributed by atoms with E-state index in [1.165, 1.54) is 42.5 Å². The number of halogens is 3. The SMILES string of the molecule is O=C(Nc1ccc(S(=O)(=O)Nc2cccc(F)c2)cc1)c1cc(F)cc(F)c1. The van der Waals surface area contributed by atoms with Crippen LogP contribution in [-0.4, -0.2) is 14.3 Å². The summed E-state index contributed by atoms with van der Waals surface area (Å²) in [5.41, 5.74) is 0.0619. The van der Waals surface area contributed by atoms with Crippen LogP contribution in [0.25, 0.3) is 0 Å². The normalized spacial score (nSPS) is 11.1. The molecule has 0 aliphatic carbocycles. The molecule has 0 aliphatic heterocycles. The smallest absolute Gasteiger partial charge is 0.261 e. The number of amides is 1. The van der Waals surface area contributed by atoms with Crippen molar-refractivity contribution >= 4 is 27.3 Å². The molecule has 5 nitrogen and oxygen atoms in total. The van der Waals surface area contributed by atoms with Gasteiger partial charge in [-0.1, -0.05) is 6.07 Å². The Bertz CT molecular complexity index is 1110. The molecule has 0 aliphatic rings. The van der Waals surface area contributed by atoms with E-state index in [0.29, 0.717) is 6.07 Å². The molecule has 0 fully saturated rings. The molecule has 0 saturated carbocycles. The standard InChI is InChI=1S/C19H13F3N2O3S/c20-13-2-1-3-17(11-13)24-28(26,27)18-6-4-16(5-7-18)23-19(25)12-8-14(21)10-15(22)9-12/h1-11,24H,(H,23,25). The Labute approximate surface area is 158 Å². The van der Waals surface area contributed by atoms with Crippen LogP contribution in [0.2, 0.25) is 0 Å². The molecular formula is C19H13F3N2O3S. The lowest BCUT2D eigenvalue weighted by Gasteiger charge is -2.10. The second-order valence-corrected chi connectivity index (χ2v) is 7.43. The van der Waals surface area contributed by atoms with Gasteiger partial charge in [-0.3, -0.25) is 9.52 Å². The maximum atomic E-state index is 13.2. The molecule has 28 heavy (non-hydrogen) atoms. The van der Waals surface area contributed by atoms with E-state index in [9.17, 15) is 26.4 Å². The predicted molar refractivity (Wildman–Crippen MR) is 98.0 cm³/mol. The van der Waals surface area contributed by atoms with Crippen molar-refractivity contribution in [3.05, 3.63) is 89.7 Å². The first kappa shape index (κ1) is 19.4. The second-order valence-electron chi connectivity index (χ2n) is 5.75. The largest absolute Gasteiger partial charge is 0.322 e. The van der Waals surface area contributed by atoms with Gasteiger partial charge in [0, 0.05) is 17.3 Å². The zero-order chi connectivity index (χ0) is 20.3. The van der Waals surface area contributed by atoms with Crippen molar-refractivity contribution in [2.24, 2.45) is 0 Å². The highest BCUT2D eigenvalue weighted by atomic mass is 32.2. The van der Waals surface area contributed by atoms with E-state index < -0.39 is 33.4 Å². The van der Waals surface area contributed by atoms with Crippen LogP contribution < -0.4 is 10.0 Å². The van der Waals surface area contributed by atoms with E-state index in [4.69, 9.17) is 0 Å².